The number of carbonyl (C=O) groups excluding carboxylic acids is 1. The Labute approximate surface area is 157 Å². The summed E-state index contributed by atoms with van der Waals surface area (Å²) in [6.45, 7) is 10.00. The van der Waals surface area contributed by atoms with E-state index >= 15 is 0 Å². The molecule has 0 unspecified atom stereocenters. The van der Waals surface area contributed by atoms with E-state index in [9.17, 15) is 4.79 Å². The highest BCUT2D eigenvalue weighted by Crippen LogP contribution is 2.21. The van der Waals surface area contributed by atoms with Crippen LogP contribution in [0.1, 0.15) is 43.7 Å². The molecule has 26 heavy (non-hydrogen) atoms. The summed E-state index contributed by atoms with van der Waals surface area (Å²) in [6.07, 6.45) is 6.69. The Hall–Kier alpha value is -1.65. The molecule has 1 amide bonds. The minimum Gasteiger partial charge on any atom is -0.379 e. The smallest absolute Gasteiger partial charge is 0.236 e. The number of hydrogen-bond acceptors (Lipinski definition) is 3. The molecule has 2 aliphatic rings. The van der Waals surface area contributed by atoms with Crippen LogP contribution in [0.3, 0.4) is 0 Å². The largest absolute Gasteiger partial charge is 0.379 e. The first-order valence-corrected chi connectivity index (χ1v) is 9.98. The number of morpholine rings is 1. The number of allylic oxidation sites excluding steroid dienone is 1. The van der Waals surface area contributed by atoms with Gasteiger partial charge in [0, 0.05) is 26.2 Å². The van der Waals surface area contributed by atoms with Gasteiger partial charge in [0.25, 0.3) is 0 Å². The molecule has 3 rings (SSSR count). The number of hydrogen-bond donors (Lipinski definition) is 0. The summed E-state index contributed by atoms with van der Waals surface area (Å²) in [5.41, 5.74) is 2.65. The van der Waals surface area contributed by atoms with Gasteiger partial charge in [-0.2, -0.15) is 0 Å². The van der Waals surface area contributed by atoms with Crippen LogP contribution in [-0.4, -0.2) is 61.6 Å². The summed E-state index contributed by atoms with van der Waals surface area (Å²) in [6, 6.07) is 8.84. The van der Waals surface area contributed by atoms with Gasteiger partial charge in [-0.3, -0.25) is 9.69 Å². The van der Waals surface area contributed by atoms with Crippen LogP contribution in [0.5, 0.6) is 0 Å². The first-order valence-electron chi connectivity index (χ1n) is 9.98. The van der Waals surface area contributed by atoms with Gasteiger partial charge in [0.1, 0.15) is 0 Å². The molecule has 4 nitrogen and oxygen atoms in total. The van der Waals surface area contributed by atoms with Crippen molar-refractivity contribution < 1.29 is 9.53 Å². The fraction of sp³-hybridized carbons (Fsp3) is 0.591. The summed E-state index contributed by atoms with van der Waals surface area (Å²) in [4.78, 5) is 16.7. The highest BCUT2D eigenvalue weighted by molar-refractivity contribution is 5.78. The van der Waals surface area contributed by atoms with E-state index in [1.54, 1.807) is 0 Å². The molecule has 0 saturated carbocycles. The Balaban J connectivity index is 1.43. The van der Waals surface area contributed by atoms with Crippen LogP contribution in [0.4, 0.5) is 0 Å². The quantitative estimate of drug-likeness (QED) is 0.811. The van der Waals surface area contributed by atoms with E-state index in [0.717, 1.165) is 52.2 Å². The molecule has 2 saturated heterocycles. The number of carbonyl (C=O) groups is 1. The number of likely N-dealkylation sites (tertiary alicyclic amines) is 1. The van der Waals surface area contributed by atoms with E-state index in [-0.39, 0.29) is 5.91 Å². The Bertz CT molecular complexity index is 595. The van der Waals surface area contributed by atoms with Crippen LogP contribution < -0.4 is 0 Å². The molecule has 0 aromatic heterocycles. The minimum atomic E-state index is 0.276. The van der Waals surface area contributed by atoms with Gasteiger partial charge < -0.3 is 9.64 Å². The zero-order valence-electron chi connectivity index (χ0n) is 16.2. The lowest BCUT2D eigenvalue weighted by molar-refractivity contribution is -0.134. The van der Waals surface area contributed by atoms with Crippen LogP contribution in [0, 0.1) is 5.92 Å². The van der Waals surface area contributed by atoms with Crippen LogP contribution >= 0.6 is 0 Å². The van der Waals surface area contributed by atoms with Crippen molar-refractivity contribution in [2.24, 2.45) is 5.92 Å². The predicted octanol–water partition coefficient (Wildman–Crippen LogP) is 3.39. The van der Waals surface area contributed by atoms with Crippen molar-refractivity contribution in [1.82, 2.24) is 9.80 Å². The van der Waals surface area contributed by atoms with Gasteiger partial charge in [0.2, 0.25) is 5.91 Å². The molecule has 0 N–H and O–H groups in total. The molecule has 0 aliphatic carbocycles. The van der Waals surface area contributed by atoms with E-state index in [0.29, 0.717) is 18.4 Å². The molecule has 0 atom stereocenters. The lowest BCUT2D eigenvalue weighted by Crippen LogP contribution is -2.46. The molecule has 4 heteroatoms. The average molecular weight is 357 g/mol. The van der Waals surface area contributed by atoms with E-state index in [2.05, 4.69) is 55.2 Å². The summed E-state index contributed by atoms with van der Waals surface area (Å²) in [5.74, 6) is 1.43. The molecule has 2 heterocycles. The Morgan fingerprint density at radius 1 is 1.12 bits per heavy atom. The lowest BCUT2D eigenvalue weighted by atomic mass is 9.95. The standard InChI is InChI=1S/C22H32N2O2/c1-18(2)21-7-5-19(6-8-21)3-4-20-9-11-24(12-10-20)22(25)17-23-13-15-26-16-14-23/h3-8,18,20H,9-17H2,1-2H3/b4-3+. The maximum Gasteiger partial charge on any atom is 0.236 e. The molecular formula is C22H32N2O2. The van der Waals surface area contributed by atoms with Crippen molar-refractivity contribution >= 4 is 12.0 Å². The van der Waals surface area contributed by atoms with Gasteiger partial charge in [-0.25, -0.2) is 0 Å². The Kier molecular flexibility index (Phi) is 6.86. The second-order valence-corrected chi connectivity index (χ2v) is 7.79. The van der Waals surface area contributed by atoms with Crippen LogP contribution in [0.2, 0.25) is 0 Å². The highest BCUT2D eigenvalue weighted by atomic mass is 16.5. The molecular weight excluding hydrogens is 324 g/mol. The van der Waals surface area contributed by atoms with Gasteiger partial charge in [-0.1, -0.05) is 50.3 Å². The van der Waals surface area contributed by atoms with Crippen molar-refractivity contribution in [3.63, 3.8) is 0 Å². The number of benzene rings is 1. The maximum atomic E-state index is 12.5. The third kappa shape index (κ3) is 5.42. The predicted molar refractivity (Wildman–Crippen MR) is 106 cm³/mol. The molecule has 142 valence electrons. The zero-order chi connectivity index (χ0) is 18.4. The molecule has 0 radical (unpaired) electrons. The SMILES string of the molecule is CC(C)c1ccc(/C=C/C2CCN(C(=O)CN3CCOCC3)CC2)cc1. The number of nitrogens with zero attached hydrogens (tertiary/aromatic N) is 2. The van der Waals surface area contributed by atoms with Crippen LogP contribution in [0.25, 0.3) is 6.08 Å². The number of amides is 1. The van der Waals surface area contributed by atoms with Gasteiger partial charge in [-0.05, 0) is 35.8 Å². The van der Waals surface area contributed by atoms with E-state index in [1.165, 1.54) is 11.1 Å². The Morgan fingerprint density at radius 2 is 1.77 bits per heavy atom. The van der Waals surface area contributed by atoms with Crippen LogP contribution in [-0.2, 0) is 9.53 Å². The number of piperidine rings is 1. The summed E-state index contributed by atoms with van der Waals surface area (Å²) in [7, 11) is 0. The summed E-state index contributed by atoms with van der Waals surface area (Å²) in [5, 5.41) is 0. The van der Waals surface area contributed by atoms with E-state index in [1.807, 2.05) is 4.90 Å². The fourth-order valence-electron chi connectivity index (χ4n) is 3.63. The zero-order valence-corrected chi connectivity index (χ0v) is 16.2. The van der Waals surface area contributed by atoms with Gasteiger partial charge >= 0.3 is 0 Å². The maximum absolute atomic E-state index is 12.5. The van der Waals surface area contributed by atoms with Crippen molar-refractivity contribution in [3.8, 4) is 0 Å². The number of ether oxygens (including phenoxy) is 1. The first-order chi connectivity index (χ1) is 12.6. The van der Waals surface area contributed by atoms with Crippen LogP contribution in [0.15, 0.2) is 30.3 Å². The molecule has 2 aliphatic heterocycles. The molecule has 0 bridgehead atoms. The third-order valence-electron chi connectivity index (χ3n) is 5.52. The minimum absolute atomic E-state index is 0.276. The van der Waals surface area contributed by atoms with Crippen molar-refractivity contribution in [2.45, 2.75) is 32.6 Å². The second kappa shape index (κ2) is 9.33. The van der Waals surface area contributed by atoms with Gasteiger partial charge in [0.15, 0.2) is 0 Å². The molecule has 2 fully saturated rings. The average Bonchev–Trinajstić information content (AvgIpc) is 2.68. The highest BCUT2D eigenvalue weighted by Gasteiger charge is 2.23. The summed E-state index contributed by atoms with van der Waals surface area (Å²) < 4.78 is 5.35. The third-order valence-corrected chi connectivity index (χ3v) is 5.52. The van der Waals surface area contributed by atoms with E-state index in [4.69, 9.17) is 4.74 Å². The molecule has 1 aromatic carbocycles. The second-order valence-electron chi connectivity index (χ2n) is 7.79. The van der Waals surface area contributed by atoms with Crippen molar-refractivity contribution in [3.05, 3.63) is 41.5 Å². The van der Waals surface area contributed by atoms with Gasteiger partial charge in [0.05, 0.1) is 19.8 Å². The number of rotatable bonds is 5. The molecule has 0 spiro atoms. The van der Waals surface area contributed by atoms with Crippen molar-refractivity contribution in [1.29, 1.82) is 0 Å². The monoisotopic (exact) mass is 356 g/mol. The van der Waals surface area contributed by atoms with E-state index < -0.39 is 0 Å². The summed E-state index contributed by atoms with van der Waals surface area (Å²) >= 11 is 0. The Morgan fingerprint density at radius 3 is 2.38 bits per heavy atom. The van der Waals surface area contributed by atoms with Crippen molar-refractivity contribution in [2.75, 3.05) is 45.9 Å². The normalized spacial score (nSPS) is 20.2. The first kappa shape index (κ1) is 19.1. The fourth-order valence-corrected chi connectivity index (χ4v) is 3.63. The lowest BCUT2D eigenvalue weighted by Gasteiger charge is -2.33. The topological polar surface area (TPSA) is 32.8 Å². The molecule has 1 aromatic rings. The van der Waals surface area contributed by atoms with Gasteiger partial charge in [-0.15, -0.1) is 0 Å².